The minimum Gasteiger partial charge on any atom is -0.504 e. The molecule has 0 saturated heterocycles. The van der Waals surface area contributed by atoms with Gasteiger partial charge in [-0.05, 0) is 31.0 Å². The summed E-state index contributed by atoms with van der Waals surface area (Å²) < 4.78 is 41.4. The summed E-state index contributed by atoms with van der Waals surface area (Å²) in [7, 11) is 0. The van der Waals surface area contributed by atoms with Gasteiger partial charge in [0.25, 0.3) is 0 Å². The number of aromatic hydroxyl groups is 1. The van der Waals surface area contributed by atoms with Crippen LogP contribution in [0, 0.1) is 0 Å². The molecule has 0 saturated carbocycles. The molecule has 1 rings (SSSR count). The summed E-state index contributed by atoms with van der Waals surface area (Å²) in [6.45, 7) is 2.10. The Bertz CT molecular complexity index is 399. The number of phenols is 1. The highest BCUT2D eigenvalue weighted by molar-refractivity contribution is 5.85. The molecule has 1 atom stereocenters. The van der Waals surface area contributed by atoms with Crippen LogP contribution in [0.3, 0.4) is 0 Å². The number of alkyl halides is 3. The molecule has 110 valence electrons. The molecule has 3 nitrogen and oxygen atoms in total. The van der Waals surface area contributed by atoms with E-state index in [0.717, 1.165) is 0 Å². The second kappa shape index (κ2) is 7.45. The predicted octanol–water partition coefficient (Wildman–Crippen LogP) is 3.56. The Morgan fingerprint density at radius 2 is 2.00 bits per heavy atom. The first-order valence-electron chi connectivity index (χ1n) is 5.61. The quantitative estimate of drug-likeness (QED) is 0.874. The van der Waals surface area contributed by atoms with Crippen molar-refractivity contribution in [3.05, 3.63) is 23.8 Å². The number of hydrogen-bond donors (Lipinski definition) is 2. The Morgan fingerprint density at radius 1 is 1.37 bits per heavy atom. The number of benzene rings is 1. The monoisotopic (exact) mass is 299 g/mol. The summed E-state index contributed by atoms with van der Waals surface area (Å²) >= 11 is 0. The fraction of sp³-hybridized carbons (Fsp3) is 0.500. The van der Waals surface area contributed by atoms with Crippen molar-refractivity contribution in [3.63, 3.8) is 0 Å². The summed E-state index contributed by atoms with van der Waals surface area (Å²) in [6, 6.07) is 3.61. The maximum atomic E-state index is 12.1. The number of rotatable bonds is 5. The molecule has 3 N–H and O–H groups in total. The Morgan fingerprint density at radius 3 is 2.53 bits per heavy atom. The highest BCUT2D eigenvalue weighted by Crippen LogP contribution is 2.31. The lowest BCUT2D eigenvalue weighted by Gasteiger charge is -2.15. The highest BCUT2D eigenvalue weighted by atomic mass is 35.5. The zero-order valence-electron chi connectivity index (χ0n) is 10.4. The molecule has 0 bridgehead atoms. The van der Waals surface area contributed by atoms with Crippen LogP contribution in [-0.2, 0) is 0 Å². The molecule has 0 fully saturated rings. The average molecular weight is 300 g/mol. The minimum absolute atomic E-state index is 0. The first kappa shape index (κ1) is 17.9. The standard InChI is InChI=1S/C12H16F3NO2.ClH/c1-2-18-11-7-8(3-4-10(11)17)9(16)5-6-12(13,14)15;/h3-4,7,9,17H,2,5-6,16H2,1H3;1H/t9-;/m0./s1. The van der Waals surface area contributed by atoms with Crippen molar-refractivity contribution >= 4 is 12.4 Å². The van der Waals surface area contributed by atoms with Crippen molar-refractivity contribution in [2.75, 3.05) is 6.61 Å². The molecule has 0 aliphatic heterocycles. The van der Waals surface area contributed by atoms with Crippen LogP contribution < -0.4 is 10.5 Å². The van der Waals surface area contributed by atoms with E-state index < -0.39 is 18.6 Å². The van der Waals surface area contributed by atoms with E-state index in [1.807, 2.05) is 0 Å². The third kappa shape index (κ3) is 6.02. The van der Waals surface area contributed by atoms with Crippen molar-refractivity contribution in [2.45, 2.75) is 32.0 Å². The predicted molar refractivity (Wildman–Crippen MR) is 68.7 cm³/mol. The number of hydrogen-bond acceptors (Lipinski definition) is 3. The van der Waals surface area contributed by atoms with Crippen molar-refractivity contribution in [2.24, 2.45) is 5.73 Å². The van der Waals surface area contributed by atoms with E-state index in [0.29, 0.717) is 12.2 Å². The van der Waals surface area contributed by atoms with Gasteiger partial charge in [0.05, 0.1) is 6.61 Å². The topological polar surface area (TPSA) is 55.5 Å². The van der Waals surface area contributed by atoms with Gasteiger partial charge in [0.15, 0.2) is 11.5 Å². The van der Waals surface area contributed by atoms with E-state index in [4.69, 9.17) is 10.5 Å². The third-order valence-corrected chi connectivity index (χ3v) is 2.45. The number of phenolic OH excluding ortho intramolecular Hbond substituents is 1. The highest BCUT2D eigenvalue weighted by Gasteiger charge is 2.27. The van der Waals surface area contributed by atoms with Gasteiger partial charge in [-0.2, -0.15) is 13.2 Å². The molecule has 0 aromatic heterocycles. The molecule has 0 amide bonds. The lowest BCUT2D eigenvalue weighted by atomic mass is 10.0. The van der Waals surface area contributed by atoms with Gasteiger partial charge >= 0.3 is 6.18 Å². The minimum atomic E-state index is -4.21. The molecule has 0 radical (unpaired) electrons. The third-order valence-electron chi connectivity index (χ3n) is 2.45. The van der Waals surface area contributed by atoms with Crippen molar-refractivity contribution in [1.29, 1.82) is 0 Å². The lowest BCUT2D eigenvalue weighted by molar-refractivity contribution is -0.136. The summed E-state index contributed by atoms with van der Waals surface area (Å²) in [4.78, 5) is 0. The number of nitrogens with two attached hydrogens (primary N) is 1. The van der Waals surface area contributed by atoms with Gasteiger partial charge < -0.3 is 15.6 Å². The SMILES string of the molecule is CCOc1cc([C@@H](N)CCC(F)(F)F)ccc1O.Cl. The number of ether oxygens (including phenoxy) is 1. The van der Waals surface area contributed by atoms with E-state index in [1.165, 1.54) is 18.2 Å². The average Bonchev–Trinajstić information content (AvgIpc) is 2.28. The van der Waals surface area contributed by atoms with E-state index in [2.05, 4.69) is 0 Å². The van der Waals surface area contributed by atoms with Gasteiger partial charge in [0.1, 0.15) is 0 Å². The molecular weight excluding hydrogens is 283 g/mol. The molecule has 0 aliphatic rings. The van der Waals surface area contributed by atoms with Gasteiger partial charge in [-0.25, -0.2) is 0 Å². The maximum absolute atomic E-state index is 12.1. The summed E-state index contributed by atoms with van der Waals surface area (Å²) in [5.74, 6) is 0.182. The van der Waals surface area contributed by atoms with Crippen LogP contribution in [0.25, 0.3) is 0 Å². The second-order valence-electron chi connectivity index (χ2n) is 3.92. The van der Waals surface area contributed by atoms with Crippen molar-refractivity contribution < 1.29 is 23.0 Å². The fourth-order valence-corrected chi connectivity index (χ4v) is 1.52. The van der Waals surface area contributed by atoms with Gasteiger partial charge in [-0.3, -0.25) is 0 Å². The van der Waals surface area contributed by atoms with Gasteiger partial charge in [-0.15, -0.1) is 12.4 Å². The molecule has 19 heavy (non-hydrogen) atoms. The Hall–Kier alpha value is -1.14. The largest absolute Gasteiger partial charge is 0.504 e. The molecule has 0 aliphatic carbocycles. The number of halogens is 4. The van der Waals surface area contributed by atoms with Gasteiger partial charge in [-0.1, -0.05) is 6.07 Å². The van der Waals surface area contributed by atoms with Crippen LogP contribution in [0.4, 0.5) is 13.2 Å². The molecule has 1 aromatic carbocycles. The van der Waals surface area contributed by atoms with Crippen LogP contribution in [0.5, 0.6) is 11.5 Å². The second-order valence-corrected chi connectivity index (χ2v) is 3.92. The molecule has 7 heteroatoms. The first-order chi connectivity index (χ1) is 8.33. The van der Waals surface area contributed by atoms with Gasteiger partial charge in [0.2, 0.25) is 0 Å². The zero-order chi connectivity index (χ0) is 13.8. The van der Waals surface area contributed by atoms with E-state index in [1.54, 1.807) is 6.92 Å². The van der Waals surface area contributed by atoms with Crippen molar-refractivity contribution in [1.82, 2.24) is 0 Å². The van der Waals surface area contributed by atoms with Crippen LogP contribution in [0.1, 0.15) is 31.4 Å². The first-order valence-corrected chi connectivity index (χ1v) is 5.61. The Balaban J connectivity index is 0.00000324. The van der Waals surface area contributed by atoms with E-state index in [-0.39, 0.29) is 30.3 Å². The normalized spacial score (nSPS) is 12.7. The Labute approximate surface area is 116 Å². The molecular formula is C12H17ClF3NO2. The van der Waals surface area contributed by atoms with E-state index >= 15 is 0 Å². The fourth-order valence-electron chi connectivity index (χ4n) is 1.52. The van der Waals surface area contributed by atoms with Crippen LogP contribution in [0.15, 0.2) is 18.2 Å². The molecule has 0 unspecified atom stereocenters. The molecule has 1 aromatic rings. The van der Waals surface area contributed by atoms with Crippen LogP contribution in [-0.4, -0.2) is 17.9 Å². The summed E-state index contributed by atoms with van der Waals surface area (Å²) in [6.07, 6.45) is -5.34. The summed E-state index contributed by atoms with van der Waals surface area (Å²) in [5.41, 5.74) is 6.19. The van der Waals surface area contributed by atoms with Crippen LogP contribution in [0.2, 0.25) is 0 Å². The zero-order valence-corrected chi connectivity index (χ0v) is 11.2. The molecule has 0 heterocycles. The summed E-state index contributed by atoms with van der Waals surface area (Å²) in [5, 5.41) is 9.46. The van der Waals surface area contributed by atoms with Crippen molar-refractivity contribution in [3.8, 4) is 11.5 Å². The van der Waals surface area contributed by atoms with Crippen LogP contribution >= 0.6 is 12.4 Å². The Kier molecular flexibility index (Phi) is 7.00. The van der Waals surface area contributed by atoms with E-state index in [9.17, 15) is 18.3 Å². The lowest BCUT2D eigenvalue weighted by Crippen LogP contribution is -2.15. The van der Waals surface area contributed by atoms with Gasteiger partial charge in [0, 0.05) is 12.5 Å². The molecule has 0 spiro atoms. The maximum Gasteiger partial charge on any atom is 0.389 e. The smallest absolute Gasteiger partial charge is 0.389 e.